The van der Waals surface area contributed by atoms with Crippen molar-refractivity contribution >= 4 is 29.8 Å². The molecule has 2 aromatic carbocycles. The lowest BCUT2D eigenvalue weighted by molar-refractivity contribution is -0.107. The first-order valence-corrected chi connectivity index (χ1v) is 11.2. The Hall–Kier alpha value is -2.61. The van der Waals surface area contributed by atoms with Crippen molar-refractivity contribution in [2.24, 2.45) is 0 Å². The van der Waals surface area contributed by atoms with Crippen molar-refractivity contribution in [1.29, 1.82) is 0 Å². The third-order valence-corrected chi connectivity index (χ3v) is 6.11. The van der Waals surface area contributed by atoms with E-state index in [2.05, 4.69) is 4.74 Å². The molecule has 0 radical (unpaired) electrons. The number of hydrogen-bond acceptors (Lipinski definition) is 6. The molecule has 1 fully saturated rings. The molecular formula is C26H33BO6. The quantitative estimate of drug-likeness (QED) is 0.382. The molecule has 0 saturated carbocycles. The molecule has 176 valence electrons. The van der Waals surface area contributed by atoms with Gasteiger partial charge in [-0.05, 0) is 58.4 Å². The minimum atomic E-state index is -0.518. The molecule has 3 aromatic rings. The van der Waals surface area contributed by atoms with Crippen LogP contribution >= 0.6 is 0 Å². The monoisotopic (exact) mass is 452 g/mol. The molecule has 0 spiro atoms. The Bertz CT molecular complexity index is 1050. The molecule has 33 heavy (non-hydrogen) atoms. The van der Waals surface area contributed by atoms with Crippen molar-refractivity contribution in [2.45, 2.75) is 58.8 Å². The fourth-order valence-electron chi connectivity index (χ4n) is 3.47. The molecule has 1 saturated heterocycles. The summed E-state index contributed by atoms with van der Waals surface area (Å²) in [6, 6.07) is 13.6. The summed E-state index contributed by atoms with van der Waals surface area (Å²) in [5.41, 5.74) is 2.59. The van der Waals surface area contributed by atoms with E-state index in [1.807, 2.05) is 77.1 Å². The third kappa shape index (κ3) is 5.67. The number of fused-ring (bicyclic) bond motifs is 1. The second kappa shape index (κ2) is 10.6. The third-order valence-electron chi connectivity index (χ3n) is 6.11. The Morgan fingerprint density at radius 3 is 2.33 bits per heavy atom. The van der Waals surface area contributed by atoms with Gasteiger partial charge in [-0.3, -0.25) is 0 Å². The van der Waals surface area contributed by atoms with Gasteiger partial charge in [0.25, 0.3) is 0 Å². The van der Waals surface area contributed by atoms with Crippen LogP contribution in [0.2, 0.25) is 0 Å². The number of aldehydes is 1. The van der Waals surface area contributed by atoms with Crippen LogP contribution in [0.1, 0.15) is 45.7 Å². The largest absolute Gasteiger partial charge is 0.498 e. The zero-order valence-electron chi connectivity index (χ0n) is 20.3. The fourth-order valence-corrected chi connectivity index (χ4v) is 3.47. The maximum atomic E-state index is 10.9. The number of benzene rings is 2. The van der Waals surface area contributed by atoms with Crippen LogP contribution in [-0.2, 0) is 31.9 Å². The van der Waals surface area contributed by atoms with E-state index < -0.39 is 18.3 Å². The van der Waals surface area contributed by atoms with Gasteiger partial charge in [-0.1, -0.05) is 24.3 Å². The number of para-hydroxylation sites is 1. The molecule has 1 aliphatic heterocycles. The van der Waals surface area contributed by atoms with E-state index in [4.69, 9.17) is 18.5 Å². The van der Waals surface area contributed by atoms with Gasteiger partial charge in [0, 0.05) is 36.5 Å². The normalized spacial score (nSPS) is 16.4. The first kappa shape index (κ1) is 25.0. The predicted molar refractivity (Wildman–Crippen MR) is 130 cm³/mol. The average Bonchev–Trinajstić information content (AvgIpc) is 3.34. The van der Waals surface area contributed by atoms with Crippen molar-refractivity contribution in [3.8, 4) is 5.75 Å². The summed E-state index contributed by atoms with van der Waals surface area (Å²) in [5, 5.41) is 0.969. The fraction of sp³-hybridized carbons (Fsp3) is 0.423. The van der Waals surface area contributed by atoms with E-state index >= 15 is 0 Å². The van der Waals surface area contributed by atoms with Gasteiger partial charge < -0.3 is 28.0 Å². The molecule has 4 rings (SSSR count). The molecule has 6 nitrogen and oxygen atoms in total. The molecule has 7 heteroatoms. The van der Waals surface area contributed by atoms with Crippen molar-refractivity contribution in [3.63, 3.8) is 0 Å². The molecule has 0 aliphatic carbocycles. The number of furan rings is 1. The molecule has 2 heterocycles. The van der Waals surface area contributed by atoms with Crippen LogP contribution in [0.4, 0.5) is 0 Å². The number of rotatable bonds is 7. The summed E-state index contributed by atoms with van der Waals surface area (Å²) in [7, 11) is 1.16. The maximum Gasteiger partial charge on any atom is 0.498 e. The van der Waals surface area contributed by atoms with Crippen molar-refractivity contribution in [1.82, 2.24) is 0 Å². The van der Waals surface area contributed by atoms with Crippen LogP contribution in [0.3, 0.4) is 0 Å². The Morgan fingerprint density at radius 1 is 1.03 bits per heavy atom. The molecule has 0 unspecified atom stereocenters. The lowest BCUT2D eigenvalue weighted by atomic mass is 9.77. The molecular weight excluding hydrogens is 419 g/mol. The average molecular weight is 452 g/mol. The van der Waals surface area contributed by atoms with E-state index in [0.29, 0.717) is 18.8 Å². The summed E-state index contributed by atoms with van der Waals surface area (Å²) in [6.45, 7) is 11.3. The van der Waals surface area contributed by atoms with Crippen LogP contribution in [0.5, 0.6) is 5.75 Å². The number of ether oxygens (including phenoxy) is 2. The highest BCUT2D eigenvalue weighted by Gasteiger charge is 2.52. The SMILES string of the molecule is CC1(C)OB(c2cc(COc3ccccc3CC=O)cc3ccoc23)OC1(C)C.CCOC. The molecule has 1 aromatic heterocycles. The second-order valence-electron chi connectivity index (χ2n) is 8.96. The van der Waals surface area contributed by atoms with E-state index in [-0.39, 0.29) is 0 Å². The van der Waals surface area contributed by atoms with Crippen molar-refractivity contribution in [2.75, 3.05) is 13.7 Å². The van der Waals surface area contributed by atoms with Crippen LogP contribution < -0.4 is 10.2 Å². The van der Waals surface area contributed by atoms with Crippen molar-refractivity contribution in [3.05, 3.63) is 59.9 Å². The van der Waals surface area contributed by atoms with Crippen LogP contribution in [-0.4, -0.2) is 38.3 Å². The van der Waals surface area contributed by atoms with Gasteiger partial charge >= 0.3 is 7.12 Å². The Morgan fingerprint density at radius 2 is 1.70 bits per heavy atom. The van der Waals surface area contributed by atoms with Crippen molar-refractivity contribution < 1.29 is 28.0 Å². The minimum Gasteiger partial charge on any atom is -0.489 e. The first-order chi connectivity index (χ1) is 15.7. The van der Waals surface area contributed by atoms with E-state index in [9.17, 15) is 4.79 Å². The summed E-state index contributed by atoms with van der Waals surface area (Å²) < 4.78 is 28.8. The molecule has 0 atom stereocenters. The Kier molecular flexibility index (Phi) is 8.00. The number of carbonyl (C=O) groups is 1. The van der Waals surface area contributed by atoms with Gasteiger partial charge in [-0.2, -0.15) is 0 Å². The van der Waals surface area contributed by atoms with Crippen LogP contribution in [0.15, 0.2) is 53.1 Å². The van der Waals surface area contributed by atoms with Gasteiger partial charge in [0.15, 0.2) is 0 Å². The highest BCUT2D eigenvalue weighted by Crippen LogP contribution is 2.37. The van der Waals surface area contributed by atoms with Gasteiger partial charge in [-0.15, -0.1) is 0 Å². The van der Waals surface area contributed by atoms with Crippen LogP contribution in [0, 0.1) is 0 Å². The van der Waals surface area contributed by atoms with Gasteiger partial charge in [0.1, 0.15) is 24.2 Å². The molecule has 0 bridgehead atoms. The highest BCUT2D eigenvalue weighted by atomic mass is 16.7. The highest BCUT2D eigenvalue weighted by molar-refractivity contribution is 6.64. The summed E-state index contributed by atoms with van der Waals surface area (Å²) in [6.07, 6.45) is 2.88. The predicted octanol–water partition coefficient (Wildman–Crippen LogP) is 4.71. The number of carbonyl (C=O) groups excluding carboxylic acids is 1. The summed E-state index contributed by atoms with van der Waals surface area (Å²) >= 11 is 0. The van der Waals surface area contributed by atoms with Gasteiger partial charge in [0.2, 0.25) is 0 Å². The molecule has 0 amide bonds. The van der Waals surface area contributed by atoms with E-state index in [1.54, 1.807) is 13.4 Å². The standard InChI is InChI=1S/C23H25BO5.C3H8O/c1-22(2)23(3,4)29-24(28-22)19-14-16(13-18-10-12-26-21(18)19)15-27-20-8-6-5-7-17(20)9-11-25;1-3-4-2/h5-8,10-14H,9,15H2,1-4H3;3H2,1-2H3. The molecule has 1 aliphatic rings. The Balaban J connectivity index is 0.000000709. The van der Waals surface area contributed by atoms with E-state index in [0.717, 1.165) is 40.5 Å². The lowest BCUT2D eigenvalue weighted by Crippen LogP contribution is -2.41. The first-order valence-electron chi connectivity index (χ1n) is 11.2. The lowest BCUT2D eigenvalue weighted by Gasteiger charge is -2.32. The maximum absolute atomic E-state index is 10.9. The summed E-state index contributed by atoms with van der Waals surface area (Å²) in [4.78, 5) is 10.9. The van der Waals surface area contributed by atoms with Gasteiger partial charge in [-0.25, -0.2) is 0 Å². The minimum absolute atomic E-state index is 0.329. The zero-order chi connectivity index (χ0) is 24.1. The van der Waals surface area contributed by atoms with Crippen LogP contribution in [0.25, 0.3) is 11.0 Å². The number of methoxy groups -OCH3 is 1. The topological polar surface area (TPSA) is 67.1 Å². The van der Waals surface area contributed by atoms with E-state index in [1.165, 1.54) is 0 Å². The van der Waals surface area contributed by atoms with Gasteiger partial charge in [0.05, 0.1) is 17.5 Å². The molecule has 0 N–H and O–H groups in total. The zero-order valence-corrected chi connectivity index (χ0v) is 20.3. The number of hydrogen-bond donors (Lipinski definition) is 0. The summed E-state index contributed by atoms with van der Waals surface area (Å²) in [5.74, 6) is 0.712. The Labute approximate surface area is 196 Å². The second-order valence-corrected chi connectivity index (χ2v) is 8.96. The smallest absolute Gasteiger partial charge is 0.489 e.